The second kappa shape index (κ2) is 7.05. The Kier molecular flexibility index (Phi) is 5.93. The normalized spacial score (nSPS) is 12.9. The molecule has 3 N–H and O–H groups in total. The minimum atomic E-state index is -4.09. The van der Waals surface area contributed by atoms with Crippen LogP contribution in [0.25, 0.3) is 0 Å². The number of carbonyl (C=O) groups is 2. The van der Waals surface area contributed by atoms with E-state index in [4.69, 9.17) is 9.52 Å². The van der Waals surface area contributed by atoms with Gasteiger partial charge in [0.05, 0.1) is 6.04 Å². The molecule has 8 nitrogen and oxygen atoms in total. The quantitative estimate of drug-likeness (QED) is 0.643. The molecule has 118 valence electrons. The second-order valence-electron chi connectivity index (χ2n) is 4.19. The number of sulfonamides is 1. The molecule has 0 aliphatic heterocycles. The molecule has 10 heteroatoms. The van der Waals surface area contributed by atoms with Crippen LogP contribution in [0.4, 0.5) is 0 Å². The lowest BCUT2D eigenvalue weighted by atomic mass is 10.3. The van der Waals surface area contributed by atoms with E-state index in [9.17, 15) is 18.0 Å². The summed E-state index contributed by atoms with van der Waals surface area (Å²) in [4.78, 5) is 22.0. The number of halogens is 1. The zero-order chi connectivity index (χ0) is 16.2. The van der Waals surface area contributed by atoms with Crippen molar-refractivity contribution in [2.24, 2.45) is 0 Å². The highest BCUT2D eigenvalue weighted by atomic mass is 79.9. The third-order valence-corrected chi connectivity index (χ3v) is 4.83. The Bertz CT molecular complexity index is 639. The van der Waals surface area contributed by atoms with Crippen LogP contribution in [-0.2, 0) is 14.8 Å². The lowest BCUT2D eigenvalue weighted by molar-refractivity contribution is -0.122. The molecule has 0 saturated carbocycles. The first-order chi connectivity index (χ1) is 9.69. The van der Waals surface area contributed by atoms with E-state index in [1.807, 2.05) is 6.92 Å². The first-order valence-corrected chi connectivity index (χ1v) is 8.29. The third-order valence-electron chi connectivity index (χ3n) is 2.43. The number of amides is 1. The number of nitrogens with one attached hydrogen (secondary N) is 2. The van der Waals surface area contributed by atoms with Crippen molar-refractivity contribution in [1.29, 1.82) is 0 Å². The fourth-order valence-electron chi connectivity index (χ4n) is 1.39. The van der Waals surface area contributed by atoms with E-state index < -0.39 is 33.7 Å². The van der Waals surface area contributed by atoms with Crippen LogP contribution in [0, 0.1) is 0 Å². The number of hydrogen-bond acceptors (Lipinski definition) is 5. The highest BCUT2D eigenvalue weighted by Gasteiger charge is 2.28. The molecule has 1 unspecified atom stereocenters. The van der Waals surface area contributed by atoms with E-state index >= 15 is 0 Å². The van der Waals surface area contributed by atoms with Gasteiger partial charge in [0.2, 0.25) is 21.7 Å². The largest absolute Gasteiger partial charge is 0.475 e. The van der Waals surface area contributed by atoms with Crippen molar-refractivity contribution in [1.82, 2.24) is 10.0 Å². The monoisotopic (exact) mass is 382 g/mol. The highest BCUT2D eigenvalue weighted by Crippen LogP contribution is 2.26. The summed E-state index contributed by atoms with van der Waals surface area (Å²) in [6, 6.07) is -0.137. The van der Waals surface area contributed by atoms with Crippen molar-refractivity contribution in [3.8, 4) is 0 Å². The Labute approximate surface area is 130 Å². The van der Waals surface area contributed by atoms with E-state index in [1.165, 1.54) is 6.92 Å². The first kappa shape index (κ1) is 17.7. The number of carboxylic acid groups (broad SMARTS) is 1. The molecular weight excluding hydrogens is 368 g/mol. The number of rotatable bonds is 7. The van der Waals surface area contributed by atoms with Crippen LogP contribution in [-0.4, -0.2) is 38.0 Å². The molecule has 0 aromatic carbocycles. The number of carboxylic acids is 1. The molecule has 21 heavy (non-hydrogen) atoms. The fraction of sp³-hybridized carbons (Fsp3) is 0.455. The zero-order valence-electron chi connectivity index (χ0n) is 11.3. The Hall–Kier alpha value is -1.39. The maximum Gasteiger partial charge on any atom is 0.371 e. The molecule has 0 bridgehead atoms. The summed E-state index contributed by atoms with van der Waals surface area (Å²) in [6.07, 6.45) is 0.723. The number of hydrogen-bond donors (Lipinski definition) is 3. The van der Waals surface area contributed by atoms with Gasteiger partial charge >= 0.3 is 5.97 Å². The minimum Gasteiger partial charge on any atom is -0.475 e. The summed E-state index contributed by atoms with van der Waals surface area (Å²) in [5.74, 6) is -2.39. The zero-order valence-corrected chi connectivity index (χ0v) is 13.7. The molecule has 1 rings (SSSR count). The summed E-state index contributed by atoms with van der Waals surface area (Å²) in [6.45, 7) is 3.68. The van der Waals surface area contributed by atoms with Gasteiger partial charge in [0, 0.05) is 12.6 Å². The van der Waals surface area contributed by atoms with Crippen molar-refractivity contribution < 1.29 is 27.5 Å². The molecule has 1 aromatic rings. The average molecular weight is 383 g/mol. The summed E-state index contributed by atoms with van der Waals surface area (Å²) < 4.78 is 30.9. The van der Waals surface area contributed by atoms with Crippen molar-refractivity contribution in [2.75, 3.05) is 6.54 Å². The maximum absolute atomic E-state index is 12.1. The van der Waals surface area contributed by atoms with Gasteiger partial charge < -0.3 is 14.8 Å². The number of aromatic carboxylic acids is 1. The lowest BCUT2D eigenvalue weighted by Crippen LogP contribution is -2.44. The van der Waals surface area contributed by atoms with Gasteiger partial charge in [0.25, 0.3) is 0 Å². The van der Waals surface area contributed by atoms with E-state index in [0.29, 0.717) is 6.54 Å². The Morgan fingerprint density at radius 3 is 2.57 bits per heavy atom. The smallest absolute Gasteiger partial charge is 0.371 e. The third kappa shape index (κ3) is 4.55. The molecule has 1 heterocycles. The van der Waals surface area contributed by atoms with Gasteiger partial charge in [-0.1, -0.05) is 6.92 Å². The van der Waals surface area contributed by atoms with Crippen molar-refractivity contribution in [3.63, 3.8) is 0 Å². The molecule has 1 amide bonds. The van der Waals surface area contributed by atoms with Gasteiger partial charge in [-0.05, 0) is 29.3 Å². The summed E-state index contributed by atoms with van der Waals surface area (Å²) in [5, 5.41) is 11.3. The van der Waals surface area contributed by atoms with Crippen LogP contribution in [0.5, 0.6) is 0 Å². The maximum atomic E-state index is 12.1. The summed E-state index contributed by atoms with van der Waals surface area (Å²) in [7, 11) is -4.09. The van der Waals surface area contributed by atoms with E-state index in [1.54, 1.807) is 0 Å². The topological polar surface area (TPSA) is 126 Å². The molecule has 0 saturated heterocycles. The van der Waals surface area contributed by atoms with Gasteiger partial charge in [-0.15, -0.1) is 0 Å². The van der Waals surface area contributed by atoms with Gasteiger partial charge in [0.15, 0.2) is 4.67 Å². The molecule has 0 radical (unpaired) electrons. The van der Waals surface area contributed by atoms with Crippen LogP contribution in [0.2, 0.25) is 0 Å². The van der Waals surface area contributed by atoms with Crippen LogP contribution in [0.15, 0.2) is 20.0 Å². The average Bonchev–Trinajstić information content (AvgIpc) is 2.78. The molecule has 0 aliphatic rings. The van der Waals surface area contributed by atoms with Crippen LogP contribution < -0.4 is 10.0 Å². The van der Waals surface area contributed by atoms with E-state index in [0.717, 1.165) is 12.5 Å². The molecule has 1 aromatic heterocycles. The minimum absolute atomic E-state index is 0.242. The van der Waals surface area contributed by atoms with Crippen molar-refractivity contribution in [3.05, 3.63) is 16.5 Å². The van der Waals surface area contributed by atoms with E-state index in [2.05, 4.69) is 26.0 Å². The Balaban J connectivity index is 2.91. The molecular formula is C11H15BrN2O6S. The van der Waals surface area contributed by atoms with Crippen LogP contribution >= 0.6 is 15.9 Å². The summed E-state index contributed by atoms with van der Waals surface area (Å²) in [5.41, 5.74) is 0. The Morgan fingerprint density at radius 1 is 1.48 bits per heavy atom. The second-order valence-corrected chi connectivity index (χ2v) is 6.59. The van der Waals surface area contributed by atoms with Crippen molar-refractivity contribution in [2.45, 2.75) is 31.2 Å². The van der Waals surface area contributed by atoms with E-state index in [-0.39, 0.29) is 9.56 Å². The van der Waals surface area contributed by atoms with Crippen LogP contribution in [0.1, 0.15) is 30.8 Å². The fourth-order valence-corrected chi connectivity index (χ4v) is 3.53. The molecule has 0 fully saturated rings. The first-order valence-electron chi connectivity index (χ1n) is 6.01. The van der Waals surface area contributed by atoms with Gasteiger partial charge in [0.1, 0.15) is 4.90 Å². The predicted molar refractivity (Wildman–Crippen MR) is 76.5 cm³/mol. The standard InChI is InChI=1S/C11H15BrN2O6S/c1-3-4-13-10(15)6(2)14-21(18,19)8-5-7(11(16)17)20-9(8)12/h5-6,14H,3-4H2,1-2H3,(H,13,15)(H,16,17). The molecule has 0 aliphatic carbocycles. The van der Waals surface area contributed by atoms with Crippen molar-refractivity contribution >= 4 is 37.8 Å². The SMILES string of the molecule is CCCNC(=O)C(C)NS(=O)(=O)c1cc(C(=O)O)oc1Br. The number of carbonyl (C=O) groups excluding carboxylic acids is 1. The van der Waals surface area contributed by atoms with Crippen LogP contribution in [0.3, 0.4) is 0 Å². The predicted octanol–water partition coefficient (Wildman–Crippen LogP) is 0.933. The number of furan rings is 1. The van der Waals surface area contributed by atoms with Gasteiger partial charge in [-0.25, -0.2) is 13.2 Å². The molecule has 1 atom stereocenters. The highest BCUT2D eigenvalue weighted by molar-refractivity contribution is 9.10. The lowest BCUT2D eigenvalue weighted by Gasteiger charge is -2.13. The van der Waals surface area contributed by atoms with Gasteiger partial charge in [-0.2, -0.15) is 4.72 Å². The summed E-state index contributed by atoms with van der Waals surface area (Å²) >= 11 is 2.84. The van der Waals surface area contributed by atoms with Gasteiger partial charge in [-0.3, -0.25) is 4.79 Å². The molecule has 0 spiro atoms. The Morgan fingerprint density at radius 2 is 2.10 bits per heavy atom.